The van der Waals surface area contributed by atoms with Gasteiger partial charge in [0, 0.05) is 19.7 Å². The Morgan fingerprint density at radius 3 is 2.27 bits per heavy atom. The third-order valence-electron chi connectivity index (χ3n) is 5.88. The van der Waals surface area contributed by atoms with Crippen molar-refractivity contribution < 1.29 is 9.53 Å². The third-order valence-corrected chi connectivity index (χ3v) is 5.88. The molecule has 0 aromatic heterocycles. The predicted molar refractivity (Wildman–Crippen MR) is 85.7 cm³/mol. The van der Waals surface area contributed by atoms with Gasteiger partial charge in [-0.3, -0.25) is 4.79 Å². The van der Waals surface area contributed by atoms with E-state index >= 15 is 0 Å². The first-order chi connectivity index (χ1) is 10.7. The molecule has 0 atom stereocenters. The van der Waals surface area contributed by atoms with Crippen LogP contribution in [0.4, 0.5) is 0 Å². The van der Waals surface area contributed by atoms with Crippen LogP contribution < -0.4 is 0 Å². The van der Waals surface area contributed by atoms with Crippen molar-refractivity contribution in [2.75, 3.05) is 19.7 Å². The van der Waals surface area contributed by atoms with E-state index in [1.165, 1.54) is 24.8 Å². The van der Waals surface area contributed by atoms with Crippen molar-refractivity contribution in [2.45, 2.75) is 56.0 Å². The standard InChI is InChI=1S/C19H25NO2/c21-17(19(9-10-19)16-6-2-1-3-7-16)20-13-11-18(12-14-20)8-4-5-15-22-18/h1-3,6-7H,4-5,8-15H2. The number of piperidine rings is 1. The zero-order valence-electron chi connectivity index (χ0n) is 13.2. The summed E-state index contributed by atoms with van der Waals surface area (Å²) in [7, 11) is 0. The van der Waals surface area contributed by atoms with Crippen LogP contribution in [0.5, 0.6) is 0 Å². The van der Waals surface area contributed by atoms with Gasteiger partial charge < -0.3 is 9.64 Å². The van der Waals surface area contributed by atoms with E-state index < -0.39 is 0 Å². The molecular formula is C19H25NO2. The number of hydrogen-bond acceptors (Lipinski definition) is 2. The second kappa shape index (κ2) is 5.38. The van der Waals surface area contributed by atoms with Crippen molar-refractivity contribution >= 4 is 5.91 Å². The first-order valence-corrected chi connectivity index (χ1v) is 8.73. The average Bonchev–Trinajstić information content (AvgIpc) is 3.38. The molecule has 0 radical (unpaired) electrons. The van der Waals surface area contributed by atoms with Gasteiger partial charge in [-0.1, -0.05) is 30.3 Å². The van der Waals surface area contributed by atoms with Crippen molar-refractivity contribution in [3.63, 3.8) is 0 Å². The predicted octanol–water partition coefficient (Wildman–Crippen LogP) is 3.28. The van der Waals surface area contributed by atoms with Gasteiger partial charge in [0.15, 0.2) is 0 Å². The SMILES string of the molecule is O=C(N1CCC2(CCCCO2)CC1)C1(c2ccccc2)CC1. The van der Waals surface area contributed by atoms with Gasteiger partial charge in [-0.15, -0.1) is 0 Å². The number of likely N-dealkylation sites (tertiary alicyclic amines) is 1. The normalized spacial score (nSPS) is 25.9. The number of benzene rings is 1. The monoisotopic (exact) mass is 299 g/mol. The second-order valence-electron chi connectivity index (χ2n) is 7.23. The molecule has 1 aromatic rings. The lowest BCUT2D eigenvalue weighted by atomic mass is 9.83. The van der Waals surface area contributed by atoms with Crippen molar-refractivity contribution in [3.05, 3.63) is 35.9 Å². The quantitative estimate of drug-likeness (QED) is 0.839. The molecule has 1 aliphatic carbocycles. The first kappa shape index (κ1) is 14.3. The Balaban J connectivity index is 1.44. The molecule has 1 aromatic carbocycles. The van der Waals surface area contributed by atoms with Gasteiger partial charge in [0.05, 0.1) is 11.0 Å². The van der Waals surface area contributed by atoms with Crippen LogP contribution in [-0.4, -0.2) is 36.1 Å². The van der Waals surface area contributed by atoms with E-state index in [-0.39, 0.29) is 11.0 Å². The van der Waals surface area contributed by atoms with E-state index in [0.29, 0.717) is 5.91 Å². The molecule has 1 amide bonds. The maximum atomic E-state index is 13.0. The number of nitrogens with zero attached hydrogens (tertiary/aromatic N) is 1. The molecule has 0 N–H and O–H groups in total. The molecular weight excluding hydrogens is 274 g/mol. The summed E-state index contributed by atoms with van der Waals surface area (Å²) < 4.78 is 6.08. The second-order valence-corrected chi connectivity index (χ2v) is 7.23. The minimum Gasteiger partial charge on any atom is -0.375 e. The van der Waals surface area contributed by atoms with E-state index in [1.807, 2.05) is 18.2 Å². The largest absolute Gasteiger partial charge is 0.375 e. The van der Waals surface area contributed by atoms with Crippen molar-refractivity contribution in [2.24, 2.45) is 0 Å². The number of rotatable bonds is 2. The summed E-state index contributed by atoms with van der Waals surface area (Å²) in [6.45, 7) is 2.64. The summed E-state index contributed by atoms with van der Waals surface area (Å²) in [6.07, 6.45) is 7.71. The lowest BCUT2D eigenvalue weighted by molar-refractivity contribution is -0.145. The number of carbonyl (C=O) groups is 1. The Morgan fingerprint density at radius 2 is 1.68 bits per heavy atom. The minimum atomic E-state index is -0.209. The van der Waals surface area contributed by atoms with Crippen LogP contribution in [0.3, 0.4) is 0 Å². The van der Waals surface area contributed by atoms with E-state index in [1.54, 1.807) is 0 Å². The molecule has 1 spiro atoms. The molecule has 1 saturated carbocycles. The van der Waals surface area contributed by atoms with Crippen LogP contribution in [0.25, 0.3) is 0 Å². The Bertz CT molecular complexity index is 534. The molecule has 118 valence electrons. The summed E-state index contributed by atoms with van der Waals surface area (Å²) in [6, 6.07) is 10.3. The summed E-state index contributed by atoms with van der Waals surface area (Å²) in [5.74, 6) is 0.351. The Labute approximate surface area is 132 Å². The maximum Gasteiger partial charge on any atom is 0.233 e. The van der Waals surface area contributed by atoms with E-state index in [2.05, 4.69) is 17.0 Å². The first-order valence-electron chi connectivity index (χ1n) is 8.73. The fraction of sp³-hybridized carbons (Fsp3) is 0.632. The summed E-state index contributed by atoms with van der Waals surface area (Å²) in [5, 5.41) is 0. The van der Waals surface area contributed by atoms with E-state index in [4.69, 9.17) is 4.74 Å². The van der Waals surface area contributed by atoms with Gasteiger partial charge in [0.2, 0.25) is 5.91 Å². The summed E-state index contributed by atoms with van der Waals surface area (Å²) >= 11 is 0. The highest BCUT2D eigenvalue weighted by molar-refractivity contribution is 5.91. The molecule has 3 heteroatoms. The summed E-state index contributed by atoms with van der Waals surface area (Å²) in [5.41, 5.74) is 1.08. The van der Waals surface area contributed by atoms with Crippen LogP contribution in [0, 0.1) is 0 Å². The zero-order chi connectivity index (χ0) is 15.0. The van der Waals surface area contributed by atoms with Gasteiger partial charge in [0.25, 0.3) is 0 Å². The Kier molecular flexibility index (Phi) is 3.48. The highest BCUT2D eigenvalue weighted by Crippen LogP contribution is 2.50. The average molecular weight is 299 g/mol. The van der Waals surface area contributed by atoms with Crippen LogP contribution >= 0.6 is 0 Å². The molecule has 2 saturated heterocycles. The fourth-order valence-corrected chi connectivity index (χ4v) is 4.23. The van der Waals surface area contributed by atoms with Gasteiger partial charge in [0.1, 0.15) is 0 Å². The highest BCUT2D eigenvalue weighted by Gasteiger charge is 2.53. The molecule has 2 heterocycles. The molecule has 3 fully saturated rings. The molecule has 3 nitrogen and oxygen atoms in total. The number of hydrogen-bond donors (Lipinski definition) is 0. The maximum absolute atomic E-state index is 13.0. The molecule has 0 bridgehead atoms. The topological polar surface area (TPSA) is 29.5 Å². The fourth-order valence-electron chi connectivity index (χ4n) is 4.23. The molecule has 22 heavy (non-hydrogen) atoms. The van der Waals surface area contributed by atoms with Crippen molar-refractivity contribution in [1.29, 1.82) is 0 Å². The third kappa shape index (κ3) is 2.36. The highest BCUT2D eigenvalue weighted by atomic mass is 16.5. The molecule has 4 rings (SSSR count). The minimum absolute atomic E-state index is 0.0818. The van der Waals surface area contributed by atoms with E-state index in [9.17, 15) is 4.79 Å². The summed E-state index contributed by atoms with van der Waals surface area (Å²) in [4.78, 5) is 15.1. The van der Waals surface area contributed by atoms with Crippen LogP contribution in [0.2, 0.25) is 0 Å². The lowest BCUT2D eigenvalue weighted by Crippen LogP contribution is -2.51. The smallest absolute Gasteiger partial charge is 0.233 e. The Morgan fingerprint density at radius 1 is 0.955 bits per heavy atom. The van der Waals surface area contributed by atoms with Gasteiger partial charge >= 0.3 is 0 Å². The van der Waals surface area contributed by atoms with Gasteiger partial charge in [-0.2, -0.15) is 0 Å². The van der Waals surface area contributed by atoms with Crippen LogP contribution in [0.15, 0.2) is 30.3 Å². The molecule has 3 aliphatic rings. The number of carbonyl (C=O) groups excluding carboxylic acids is 1. The van der Waals surface area contributed by atoms with Crippen molar-refractivity contribution in [3.8, 4) is 0 Å². The zero-order valence-corrected chi connectivity index (χ0v) is 13.2. The lowest BCUT2D eigenvalue weighted by Gasteiger charge is -2.44. The Hall–Kier alpha value is -1.35. The number of amides is 1. The van der Waals surface area contributed by atoms with Crippen LogP contribution in [-0.2, 0) is 14.9 Å². The van der Waals surface area contributed by atoms with E-state index in [0.717, 1.165) is 45.4 Å². The molecule has 0 unspecified atom stereocenters. The van der Waals surface area contributed by atoms with Crippen molar-refractivity contribution in [1.82, 2.24) is 4.90 Å². The van der Waals surface area contributed by atoms with Gasteiger partial charge in [-0.25, -0.2) is 0 Å². The molecule has 2 aliphatic heterocycles. The number of ether oxygens (including phenoxy) is 1. The van der Waals surface area contributed by atoms with Crippen LogP contribution in [0.1, 0.15) is 50.5 Å². The van der Waals surface area contributed by atoms with Gasteiger partial charge in [-0.05, 0) is 50.5 Å².